The zero-order chi connectivity index (χ0) is 26.3. The number of ether oxygens (including phenoxy) is 1. The molecule has 2 N–H and O–H groups in total. The number of benzene rings is 1. The van der Waals surface area contributed by atoms with Gasteiger partial charge in [0.05, 0.1) is 17.8 Å². The molecule has 5 rings (SSSR count). The molecule has 9 nitrogen and oxygen atoms in total. The molecular formula is C27H37FN6O3. The number of anilines is 1. The molecule has 3 aliphatic rings. The van der Waals surface area contributed by atoms with Gasteiger partial charge >= 0.3 is 6.03 Å². The van der Waals surface area contributed by atoms with Crippen LogP contribution in [-0.2, 0) is 16.8 Å². The topological polar surface area (TPSA) is 93.8 Å². The van der Waals surface area contributed by atoms with E-state index in [1.165, 1.54) is 24.3 Å². The van der Waals surface area contributed by atoms with Gasteiger partial charge in [-0.1, -0.05) is 0 Å². The number of fused-ring (bicyclic) bond motifs is 1. The first-order valence-electron chi connectivity index (χ1n) is 13.2. The average Bonchev–Trinajstić information content (AvgIpc) is 3.39. The molecular weight excluding hydrogens is 475 g/mol. The van der Waals surface area contributed by atoms with E-state index in [2.05, 4.69) is 34.3 Å². The Bertz CT molecular complexity index is 1140. The third-order valence-electron chi connectivity index (χ3n) is 8.23. The minimum absolute atomic E-state index is 0.00419. The second-order valence-electron chi connectivity index (χ2n) is 11.2. The predicted molar refractivity (Wildman–Crippen MR) is 138 cm³/mol. The fourth-order valence-electron chi connectivity index (χ4n) is 5.84. The predicted octanol–water partition coefficient (Wildman–Crippen LogP) is 3.79. The Morgan fingerprint density at radius 1 is 1.14 bits per heavy atom. The molecule has 10 heteroatoms. The van der Waals surface area contributed by atoms with Crippen molar-refractivity contribution >= 4 is 17.8 Å². The minimum Gasteiger partial charge on any atom is -0.381 e. The van der Waals surface area contributed by atoms with Gasteiger partial charge < -0.3 is 19.9 Å². The number of aromatic amines is 1. The highest BCUT2D eigenvalue weighted by Crippen LogP contribution is 2.41. The van der Waals surface area contributed by atoms with Crippen LogP contribution in [0.5, 0.6) is 0 Å². The molecule has 2 fully saturated rings. The van der Waals surface area contributed by atoms with Crippen LogP contribution in [0.15, 0.2) is 24.3 Å². The molecule has 0 unspecified atom stereocenters. The number of aromatic nitrogens is 2. The zero-order valence-electron chi connectivity index (χ0n) is 22.1. The van der Waals surface area contributed by atoms with Gasteiger partial charge in [-0.05, 0) is 70.7 Å². The van der Waals surface area contributed by atoms with Crippen molar-refractivity contribution in [2.75, 3.05) is 38.2 Å². The number of nitrogens with one attached hydrogen (secondary N) is 2. The van der Waals surface area contributed by atoms with Crippen LogP contribution < -0.4 is 5.32 Å². The fraction of sp³-hybridized carbons (Fsp3) is 0.593. The molecule has 4 heterocycles. The summed E-state index contributed by atoms with van der Waals surface area (Å²) in [5.74, 6) is 0.278. The maximum Gasteiger partial charge on any atom is 0.321 e. The van der Waals surface area contributed by atoms with Crippen LogP contribution in [0.2, 0.25) is 0 Å². The molecule has 0 bridgehead atoms. The summed E-state index contributed by atoms with van der Waals surface area (Å²) in [4.78, 5) is 33.0. The van der Waals surface area contributed by atoms with Crippen LogP contribution in [0.1, 0.15) is 62.2 Å². The summed E-state index contributed by atoms with van der Waals surface area (Å²) in [5, 5.41) is 10.2. The summed E-state index contributed by atoms with van der Waals surface area (Å²) in [7, 11) is 0. The van der Waals surface area contributed by atoms with Crippen molar-refractivity contribution in [3.05, 3.63) is 46.9 Å². The van der Waals surface area contributed by atoms with E-state index in [1.807, 2.05) is 23.6 Å². The monoisotopic (exact) mass is 512 g/mol. The number of halogens is 1. The van der Waals surface area contributed by atoms with Gasteiger partial charge in [-0.25, -0.2) is 9.18 Å². The SMILES string of the molecule is C[C@@H]1CN(C(=O)N2Cc3c(NC(=O)c4ccc(F)cc4)n[nH]c3C2(C)C)[C@@H](C)CN1CC1CCOCC1. The molecule has 37 heavy (non-hydrogen) atoms. The van der Waals surface area contributed by atoms with Gasteiger partial charge in [-0.3, -0.25) is 14.8 Å². The maximum atomic E-state index is 13.9. The third kappa shape index (κ3) is 4.96. The summed E-state index contributed by atoms with van der Waals surface area (Å²) in [6, 6.07) is 5.73. The summed E-state index contributed by atoms with van der Waals surface area (Å²) >= 11 is 0. The largest absolute Gasteiger partial charge is 0.381 e. The number of carbonyl (C=O) groups excluding carboxylic acids is 2. The number of H-pyrrole nitrogens is 1. The molecule has 1 aromatic carbocycles. The van der Waals surface area contributed by atoms with E-state index in [0.29, 0.717) is 30.4 Å². The maximum absolute atomic E-state index is 13.9. The summed E-state index contributed by atoms with van der Waals surface area (Å²) in [5.41, 5.74) is 1.34. The number of rotatable bonds is 4. The highest BCUT2D eigenvalue weighted by atomic mass is 19.1. The van der Waals surface area contributed by atoms with E-state index in [9.17, 15) is 14.0 Å². The van der Waals surface area contributed by atoms with E-state index in [-0.39, 0.29) is 24.0 Å². The Kier molecular flexibility index (Phi) is 6.97. The van der Waals surface area contributed by atoms with Crippen LogP contribution >= 0.6 is 0 Å². The van der Waals surface area contributed by atoms with E-state index in [1.54, 1.807) is 0 Å². The second kappa shape index (κ2) is 10.1. The van der Waals surface area contributed by atoms with Gasteiger partial charge in [0, 0.05) is 56.1 Å². The Balaban J connectivity index is 1.26. The number of urea groups is 1. The lowest BCUT2D eigenvalue weighted by atomic mass is 9.97. The molecule has 0 radical (unpaired) electrons. The first kappa shape index (κ1) is 25.7. The van der Waals surface area contributed by atoms with E-state index < -0.39 is 11.4 Å². The molecule has 2 aromatic rings. The van der Waals surface area contributed by atoms with Crippen molar-refractivity contribution in [2.24, 2.45) is 5.92 Å². The Labute approximate surface area is 217 Å². The second-order valence-corrected chi connectivity index (χ2v) is 11.2. The molecule has 2 saturated heterocycles. The molecule has 0 saturated carbocycles. The fourth-order valence-corrected chi connectivity index (χ4v) is 5.84. The highest BCUT2D eigenvalue weighted by molar-refractivity contribution is 6.04. The number of carbonyl (C=O) groups is 2. The van der Waals surface area contributed by atoms with Crippen molar-refractivity contribution < 1.29 is 18.7 Å². The van der Waals surface area contributed by atoms with Crippen molar-refractivity contribution in [2.45, 2.75) is 64.7 Å². The van der Waals surface area contributed by atoms with Crippen LogP contribution in [-0.4, -0.2) is 81.8 Å². The standard InChI is InChI=1S/C27H37FN6O3/c1-17-14-33(18(2)13-32(17)15-19-9-11-37-12-10-19)26(36)34-16-22-23(27(34,3)4)30-31-24(22)29-25(35)20-5-7-21(28)8-6-20/h5-8,17-19H,9-16H2,1-4H3,(H2,29,30,31,35)/t17-,18+/m1/s1. The Morgan fingerprint density at radius 2 is 1.84 bits per heavy atom. The lowest BCUT2D eigenvalue weighted by molar-refractivity contribution is 0.00882. The lowest BCUT2D eigenvalue weighted by Crippen LogP contribution is -2.62. The Hall–Kier alpha value is -2.98. The molecule has 3 amide bonds. The number of hydrogen-bond acceptors (Lipinski definition) is 5. The third-order valence-corrected chi connectivity index (χ3v) is 8.23. The molecule has 3 aliphatic heterocycles. The highest BCUT2D eigenvalue weighted by Gasteiger charge is 2.47. The van der Waals surface area contributed by atoms with E-state index in [0.717, 1.165) is 50.4 Å². The quantitative estimate of drug-likeness (QED) is 0.650. The number of hydrogen-bond donors (Lipinski definition) is 2. The molecule has 0 aliphatic carbocycles. The van der Waals surface area contributed by atoms with Crippen LogP contribution in [0.25, 0.3) is 0 Å². The van der Waals surface area contributed by atoms with Crippen molar-refractivity contribution in [3.63, 3.8) is 0 Å². The van der Waals surface area contributed by atoms with Crippen molar-refractivity contribution in [1.82, 2.24) is 24.9 Å². The zero-order valence-corrected chi connectivity index (χ0v) is 22.1. The molecule has 2 atom stereocenters. The van der Waals surface area contributed by atoms with Crippen LogP contribution in [0, 0.1) is 11.7 Å². The first-order chi connectivity index (χ1) is 17.6. The van der Waals surface area contributed by atoms with Gasteiger partial charge in [0.1, 0.15) is 5.82 Å². The summed E-state index contributed by atoms with van der Waals surface area (Å²) in [6.07, 6.45) is 2.21. The Morgan fingerprint density at radius 3 is 2.54 bits per heavy atom. The van der Waals surface area contributed by atoms with Gasteiger partial charge in [0.2, 0.25) is 0 Å². The average molecular weight is 513 g/mol. The first-order valence-corrected chi connectivity index (χ1v) is 13.2. The van der Waals surface area contributed by atoms with Crippen molar-refractivity contribution in [1.29, 1.82) is 0 Å². The van der Waals surface area contributed by atoms with E-state index in [4.69, 9.17) is 4.74 Å². The van der Waals surface area contributed by atoms with Gasteiger partial charge in [0.15, 0.2) is 5.82 Å². The summed E-state index contributed by atoms with van der Waals surface area (Å²) < 4.78 is 18.8. The van der Waals surface area contributed by atoms with Gasteiger partial charge in [0.25, 0.3) is 5.91 Å². The van der Waals surface area contributed by atoms with Gasteiger partial charge in [-0.15, -0.1) is 0 Å². The number of piperazine rings is 1. The van der Waals surface area contributed by atoms with Crippen LogP contribution in [0.3, 0.4) is 0 Å². The smallest absolute Gasteiger partial charge is 0.321 e. The number of nitrogens with zero attached hydrogens (tertiary/aromatic N) is 4. The molecule has 200 valence electrons. The lowest BCUT2D eigenvalue weighted by Gasteiger charge is -2.47. The molecule has 0 spiro atoms. The molecule has 1 aromatic heterocycles. The minimum atomic E-state index is -0.611. The van der Waals surface area contributed by atoms with Crippen LogP contribution in [0.4, 0.5) is 15.0 Å². The summed E-state index contributed by atoms with van der Waals surface area (Å²) in [6.45, 7) is 12.9. The number of amides is 3. The van der Waals surface area contributed by atoms with E-state index >= 15 is 0 Å². The van der Waals surface area contributed by atoms with Crippen molar-refractivity contribution in [3.8, 4) is 0 Å². The normalized spacial score (nSPS) is 24.2. The van der Waals surface area contributed by atoms with Gasteiger partial charge in [-0.2, -0.15) is 5.10 Å².